The van der Waals surface area contributed by atoms with Crippen LogP contribution < -0.4 is 5.32 Å². The zero-order valence-electron chi connectivity index (χ0n) is 11.6. The third-order valence-corrected chi connectivity index (χ3v) is 3.84. The quantitative estimate of drug-likeness (QED) is 0.911. The molecular formula is C15H22ClFN2. The number of hydrogen-bond acceptors (Lipinski definition) is 2. The number of hydrogen-bond donors (Lipinski definition) is 1. The standard InChI is InChI=1S/C15H22ClFN2/c1-11(2)9-15(19-7-5-18-6-8-19)13-4-3-12(16)10-14(13)17/h3-4,10-11,15,18H,5-9H2,1-2H3/t15-/m1/s1. The first-order valence-corrected chi connectivity index (χ1v) is 7.35. The SMILES string of the molecule is CC(C)C[C@H](c1ccc(Cl)cc1F)N1CCNCC1. The Balaban J connectivity index is 2.25. The van der Waals surface area contributed by atoms with Gasteiger partial charge in [0.15, 0.2) is 0 Å². The van der Waals surface area contributed by atoms with Gasteiger partial charge in [-0.3, -0.25) is 4.90 Å². The number of benzene rings is 1. The van der Waals surface area contributed by atoms with Crippen molar-refractivity contribution in [2.75, 3.05) is 26.2 Å². The molecule has 0 bridgehead atoms. The maximum absolute atomic E-state index is 14.2. The molecule has 1 saturated heterocycles. The van der Waals surface area contributed by atoms with E-state index in [2.05, 4.69) is 24.1 Å². The maximum atomic E-state index is 14.2. The normalized spacial score (nSPS) is 18.8. The van der Waals surface area contributed by atoms with Gasteiger partial charge in [-0.25, -0.2) is 4.39 Å². The first kappa shape index (κ1) is 14.8. The van der Waals surface area contributed by atoms with Crippen LogP contribution in [-0.2, 0) is 0 Å². The van der Waals surface area contributed by atoms with E-state index in [0.717, 1.165) is 38.2 Å². The molecule has 0 aromatic heterocycles. The molecule has 1 aromatic carbocycles. The topological polar surface area (TPSA) is 15.3 Å². The highest BCUT2D eigenvalue weighted by Gasteiger charge is 2.25. The fraction of sp³-hybridized carbons (Fsp3) is 0.600. The molecular weight excluding hydrogens is 263 g/mol. The molecule has 2 nitrogen and oxygen atoms in total. The van der Waals surface area contributed by atoms with Crippen LogP contribution in [0.4, 0.5) is 4.39 Å². The van der Waals surface area contributed by atoms with E-state index in [-0.39, 0.29) is 11.9 Å². The van der Waals surface area contributed by atoms with Gasteiger partial charge in [0.2, 0.25) is 0 Å². The molecule has 0 saturated carbocycles. The molecule has 0 unspecified atom stereocenters. The Morgan fingerprint density at radius 3 is 2.58 bits per heavy atom. The molecule has 1 fully saturated rings. The highest BCUT2D eigenvalue weighted by molar-refractivity contribution is 6.30. The summed E-state index contributed by atoms with van der Waals surface area (Å²) < 4.78 is 14.2. The number of piperazine rings is 1. The van der Waals surface area contributed by atoms with E-state index < -0.39 is 0 Å². The molecule has 1 aliphatic heterocycles. The van der Waals surface area contributed by atoms with Gasteiger partial charge in [0.1, 0.15) is 5.82 Å². The predicted molar refractivity (Wildman–Crippen MR) is 78.0 cm³/mol. The van der Waals surface area contributed by atoms with Gasteiger partial charge < -0.3 is 5.32 Å². The van der Waals surface area contributed by atoms with Crippen molar-refractivity contribution in [1.29, 1.82) is 0 Å². The van der Waals surface area contributed by atoms with E-state index >= 15 is 0 Å². The Hall–Kier alpha value is -0.640. The number of halogens is 2. The third kappa shape index (κ3) is 3.91. The summed E-state index contributed by atoms with van der Waals surface area (Å²) >= 11 is 5.85. The molecule has 1 aliphatic rings. The lowest BCUT2D eigenvalue weighted by molar-refractivity contribution is 0.151. The highest BCUT2D eigenvalue weighted by atomic mass is 35.5. The van der Waals surface area contributed by atoms with Gasteiger partial charge in [-0.15, -0.1) is 0 Å². The van der Waals surface area contributed by atoms with E-state index in [9.17, 15) is 4.39 Å². The van der Waals surface area contributed by atoms with Crippen molar-refractivity contribution in [2.45, 2.75) is 26.3 Å². The summed E-state index contributed by atoms with van der Waals surface area (Å²) in [5.41, 5.74) is 0.778. The van der Waals surface area contributed by atoms with E-state index in [1.807, 2.05) is 6.07 Å². The summed E-state index contributed by atoms with van der Waals surface area (Å²) in [6, 6.07) is 5.20. The number of nitrogens with one attached hydrogen (secondary N) is 1. The van der Waals surface area contributed by atoms with Gasteiger partial charge in [0.05, 0.1) is 0 Å². The lowest BCUT2D eigenvalue weighted by Crippen LogP contribution is -2.45. The molecule has 2 rings (SSSR count). The molecule has 4 heteroatoms. The lowest BCUT2D eigenvalue weighted by Gasteiger charge is -2.36. The van der Waals surface area contributed by atoms with E-state index in [1.165, 1.54) is 6.07 Å². The van der Waals surface area contributed by atoms with Gasteiger partial charge in [0.25, 0.3) is 0 Å². The molecule has 0 radical (unpaired) electrons. The van der Waals surface area contributed by atoms with E-state index in [1.54, 1.807) is 6.07 Å². The number of nitrogens with zero attached hydrogens (tertiary/aromatic N) is 1. The lowest BCUT2D eigenvalue weighted by atomic mass is 9.94. The smallest absolute Gasteiger partial charge is 0.129 e. The van der Waals surface area contributed by atoms with Crippen LogP contribution in [-0.4, -0.2) is 31.1 Å². The number of rotatable bonds is 4. The third-order valence-electron chi connectivity index (χ3n) is 3.61. The minimum absolute atomic E-state index is 0.152. The second-order valence-electron chi connectivity index (χ2n) is 5.60. The van der Waals surface area contributed by atoms with Crippen molar-refractivity contribution in [3.05, 3.63) is 34.6 Å². The van der Waals surface area contributed by atoms with Crippen LogP contribution >= 0.6 is 11.6 Å². The molecule has 1 aromatic rings. The fourth-order valence-corrected chi connectivity index (χ4v) is 2.84. The minimum Gasteiger partial charge on any atom is -0.314 e. The summed E-state index contributed by atoms with van der Waals surface area (Å²) in [5, 5.41) is 3.80. The Kier molecular flexibility index (Phi) is 5.20. The second kappa shape index (κ2) is 6.69. The molecule has 0 aliphatic carbocycles. The van der Waals surface area contributed by atoms with Crippen molar-refractivity contribution < 1.29 is 4.39 Å². The Labute approximate surface area is 119 Å². The van der Waals surface area contributed by atoms with Crippen LogP contribution in [0.15, 0.2) is 18.2 Å². The first-order chi connectivity index (χ1) is 9.08. The van der Waals surface area contributed by atoms with Crippen LogP contribution in [0.5, 0.6) is 0 Å². The molecule has 0 amide bonds. The summed E-state index contributed by atoms with van der Waals surface area (Å²) in [5.74, 6) is 0.353. The average Bonchev–Trinajstić information content (AvgIpc) is 2.37. The van der Waals surface area contributed by atoms with Crippen molar-refractivity contribution >= 4 is 11.6 Å². The average molecular weight is 285 g/mol. The van der Waals surface area contributed by atoms with Gasteiger partial charge >= 0.3 is 0 Å². The summed E-state index contributed by atoms with van der Waals surface area (Å²) in [4.78, 5) is 2.38. The van der Waals surface area contributed by atoms with Crippen LogP contribution in [0.3, 0.4) is 0 Å². The van der Waals surface area contributed by atoms with Gasteiger partial charge in [-0.2, -0.15) is 0 Å². The Morgan fingerprint density at radius 1 is 1.32 bits per heavy atom. The first-order valence-electron chi connectivity index (χ1n) is 6.97. The second-order valence-corrected chi connectivity index (χ2v) is 6.03. The Bertz CT molecular complexity index is 417. The van der Waals surface area contributed by atoms with Crippen LogP contribution in [0.1, 0.15) is 31.9 Å². The van der Waals surface area contributed by atoms with Gasteiger partial charge in [-0.05, 0) is 24.5 Å². The van der Waals surface area contributed by atoms with Crippen molar-refractivity contribution in [1.82, 2.24) is 10.2 Å². The van der Waals surface area contributed by atoms with Crippen LogP contribution in [0.2, 0.25) is 5.02 Å². The predicted octanol–water partition coefficient (Wildman–Crippen LogP) is 3.47. The van der Waals surface area contributed by atoms with Crippen LogP contribution in [0.25, 0.3) is 0 Å². The largest absolute Gasteiger partial charge is 0.314 e. The van der Waals surface area contributed by atoms with Gasteiger partial charge in [0, 0.05) is 42.8 Å². The summed E-state index contributed by atoms with van der Waals surface area (Å²) in [6.07, 6.45) is 0.971. The molecule has 1 N–H and O–H groups in total. The summed E-state index contributed by atoms with van der Waals surface area (Å²) in [7, 11) is 0. The fourth-order valence-electron chi connectivity index (χ4n) is 2.68. The zero-order chi connectivity index (χ0) is 13.8. The molecule has 106 valence electrons. The molecule has 0 spiro atoms. The van der Waals surface area contributed by atoms with Crippen molar-refractivity contribution in [3.8, 4) is 0 Å². The minimum atomic E-state index is -0.184. The summed E-state index contributed by atoms with van der Waals surface area (Å²) in [6.45, 7) is 8.26. The molecule has 19 heavy (non-hydrogen) atoms. The van der Waals surface area contributed by atoms with Gasteiger partial charge in [-0.1, -0.05) is 31.5 Å². The highest BCUT2D eigenvalue weighted by Crippen LogP contribution is 2.31. The maximum Gasteiger partial charge on any atom is 0.129 e. The molecule has 1 heterocycles. The van der Waals surface area contributed by atoms with Crippen molar-refractivity contribution in [3.63, 3.8) is 0 Å². The van der Waals surface area contributed by atoms with Crippen LogP contribution in [0, 0.1) is 11.7 Å². The Morgan fingerprint density at radius 2 is 2.00 bits per heavy atom. The van der Waals surface area contributed by atoms with Crippen molar-refractivity contribution in [2.24, 2.45) is 5.92 Å². The zero-order valence-corrected chi connectivity index (χ0v) is 12.4. The monoisotopic (exact) mass is 284 g/mol. The molecule has 1 atom stereocenters. The van der Waals surface area contributed by atoms with E-state index in [4.69, 9.17) is 11.6 Å². The van der Waals surface area contributed by atoms with E-state index in [0.29, 0.717) is 10.9 Å².